The molecule has 0 atom stereocenters. The first-order chi connectivity index (χ1) is 9.40. The predicted molar refractivity (Wildman–Crippen MR) is 72.6 cm³/mol. The summed E-state index contributed by atoms with van der Waals surface area (Å²) in [4.78, 5) is 11.4. The average molecular weight is 299 g/mol. The van der Waals surface area contributed by atoms with Gasteiger partial charge in [0.05, 0.1) is 30.6 Å². The second kappa shape index (κ2) is 5.51. The van der Waals surface area contributed by atoms with Crippen LogP contribution in [0.3, 0.4) is 0 Å². The largest absolute Gasteiger partial charge is 0.465 e. The number of hydrogen-bond acceptors (Lipinski definition) is 5. The Morgan fingerprint density at radius 1 is 1.45 bits per heavy atom. The second-order valence-corrected chi connectivity index (χ2v) is 6.71. The number of benzene rings is 1. The lowest BCUT2D eigenvalue weighted by atomic mass is 10.1. The highest BCUT2D eigenvalue weighted by molar-refractivity contribution is 7.88. The van der Waals surface area contributed by atoms with Gasteiger partial charge in [0.1, 0.15) is 0 Å². The number of carbonyl (C=O) groups is 1. The zero-order chi connectivity index (χ0) is 14.8. The van der Waals surface area contributed by atoms with Gasteiger partial charge in [0.25, 0.3) is 0 Å². The maximum atomic E-state index is 12.0. The van der Waals surface area contributed by atoms with Gasteiger partial charge in [-0.25, -0.2) is 17.9 Å². The highest BCUT2D eigenvalue weighted by Crippen LogP contribution is 2.35. The van der Waals surface area contributed by atoms with Crippen LogP contribution in [0.1, 0.15) is 28.8 Å². The Labute approximate surface area is 117 Å². The van der Waals surface area contributed by atoms with E-state index in [9.17, 15) is 13.2 Å². The Balaban J connectivity index is 2.11. The third-order valence-corrected chi connectivity index (χ3v) is 4.69. The zero-order valence-corrected chi connectivity index (χ0v) is 11.9. The summed E-state index contributed by atoms with van der Waals surface area (Å²) in [6, 6.07) is 6.29. The number of aliphatic hydroxyl groups is 1. The Morgan fingerprint density at radius 3 is 2.70 bits per heavy atom. The lowest BCUT2D eigenvalue weighted by molar-refractivity contribution is 0.0600. The van der Waals surface area contributed by atoms with E-state index in [-0.39, 0.29) is 12.4 Å². The van der Waals surface area contributed by atoms with E-state index < -0.39 is 21.5 Å². The van der Waals surface area contributed by atoms with Crippen molar-refractivity contribution >= 4 is 16.0 Å². The molecule has 110 valence electrons. The van der Waals surface area contributed by atoms with Crippen molar-refractivity contribution in [2.24, 2.45) is 0 Å². The third kappa shape index (κ3) is 3.56. The molecule has 1 saturated carbocycles. The van der Waals surface area contributed by atoms with Gasteiger partial charge in [0, 0.05) is 0 Å². The predicted octanol–water partition coefficient (Wildman–Crippen LogP) is 0.417. The molecule has 20 heavy (non-hydrogen) atoms. The van der Waals surface area contributed by atoms with Crippen LogP contribution in [0.25, 0.3) is 0 Å². The maximum Gasteiger partial charge on any atom is 0.337 e. The van der Waals surface area contributed by atoms with Gasteiger partial charge in [-0.15, -0.1) is 0 Å². The van der Waals surface area contributed by atoms with E-state index in [2.05, 4.69) is 9.46 Å². The number of hydrogen-bond donors (Lipinski definition) is 2. The SMILES string of the molecule is COC(=O)c1cccc(CS(=O)(=O)NC2(CO)CC2)c1. The summed E-state index contributed by atoms with van der Waals surface area (Å²) >= 11 is 0. The molecule has 0 aliphatic heterocycles. The molecule has 0 aromatic heterocycles. The second-order valence-electron chi connectivity index (χ2n) is 4.99. The number of esters is 1. The van der Waals surface area contributed by atoms with Gasteiger partial charge in [0.2, 0.25) is 10.0 Å². The van der Waals surface area contributed by atoms with Crippen molar-refractivity contribution in [2.75, 3.05) is 13.7 Å². The molecule has 0 saturated heterocycles. The molecule has 1 aliphatic rings. The van der Waals surface area contributed by atoms with Crippen LogP contribution in [0.4, 0.5) is 0 Å². The summed E-state index contributed by atoms with van der Waals surface area (Å²) < 4.78 is 31.2. The van der Waals surface area contributed by atoms with Gasteiger partial charge in [-0.2, -0.15) is 0 Å². The van der Waals surface area contributed by atoms with Crippen LogP contribution < -0.4 is 4.72 Å². The molecule has 1 aromatic rings. The first kappa shape index (κ1) is 15.0. The molecule has 2 rings (SSSR count). The maximum absolute atomic E-state index is 12.0. The third-order valence-electron chi connectivity index (χ3n) is 3.23. The van der Waals surface area contributed by atoms with Gasteiger partial charge in [0.15, 0.2) is 0 Å². The Hall–Kier alpha value is -1.44. The van der Waals surface area contributed by atoms with E-state index in [1.165, 1.54) is 13.2 Å². The molecule has 0 unspecified atom stereocenters. The smallest absolute Gasteiger partial charge is 0.337 e. The zero-order valence-electron chi connectivity index (χ0n) is 11.1. The minimum absolute atomic E-state index is 0.200. The standard InChI is InChI=1S/C13H17NO5S/c1-19-12(16)11-4-2-3-10(7-11)8-20(17,18)14-13(9-15)5-6-13/h2-4,7,14-15H,5-6,8-9H2,1H3. The highest BCUT2D eigenvalue weighted by Gasteiger charge is 2.45. The lowest BCUT2D eigenvalue weighted by Gasteiger charge is -2.14. The van der Waals surface area contributed by atoms with Crippen LogP contribution >= 0.6 is 0 Å². The van der Waals surface area contributed by atoms with E-state index >= 15 is 0 Å². The number of rotatable bonds is 6. The molecule has 0 amide bonds. The molecule has 0 bridgehead atoms. The van der Waals surface area contributed by atoms with Crippen LogP contribution in [0.2, 0.25) is 0 Å². The summed E-state index contributed by atoms with van der Waals surface area (Å²) in [6.45, 7) is -0.200. The first-order valence-electron chi connectivity index (χ1n) is 6.19. The number of ether oxygens (including phenoxy) is 1. The molecule has 1 aliphatic carbocycles. The fraction of sp³-hybridized carbons (Fsp3) is 0.462. The molecular formula is C13H17NO5S. The lowest BCUT2D eigenvalue weighted by Crippen LogP contribution is -2.40. The highest BCUT2D eigenvalue weighted by atomic mass is 32.2. The monoisotopic (exact) mass is 299 g/mol. The normalized spacial score (nSPS) is 16.7. The first-order valence-corrected chi connectivity index (χ1v) is 7.85. The van der Waals surface area contributed by atoms with Gasteiger partial charge in [-0.1, -0.05) is 12.1 Å². The molecular weight excluding hydrogens is 282 g/mol. The summed E-state index contributed by atoms with van der Waals surface area (Å²) in [5.74, 6) is -0.745. The molecule has 0 spiro atoms. The van der Waals surface area contributed by atoms with Crippen molar-refractivity contribution in [3.8, 4) is 0 Å². The van der Waals surface area contributed by atoms with Crippen LogP contribution in [0.15, 0.2) is 24.3 Å². The number of carbonyl (C=O) groups excluding carboxylic acids is 1. The van der Waals surface area contributed by atoms with Crippen LogP contribution in [0, 0.1) is 0 Å². The van der Waals surface area contributed by atoms with E-state index in [4.69, 9.17) is 5.11 Å². The summed E-state index contributed by atoms with van der Waals surface area (Å²) in [6.07, 6.45) is 1.29. The van der Waals surface area contributed by atoms with Crippen molar-refractivity contribution in [3.05, 3.63) is 35.4 Å². The van der Waals surface area contributed by atoms with Crippen molar-refractivity contribution in [1.29, 1.82) is 0 Å². The number of nitrogens with one attached hydrogen (secondary N) is 1. The van der Waals surface area contributed by atoms with Gasteiger partial charge >= 0.3 is 5.97 Å². The molecule has 0 radical (unpaired) electrons. The van der Waals surface area contributed by atoms with Gasteiger partial charge in [-0.05, 0) is 30.5 Å². The number of aliphatic hydroxyl groups excluding tert-OH is 1. The van der Waals surface area contributed by atoms with E-state index in [1.54, 1.807) is 18.2 Å². The molecule has 2 N–H and O–H groups in total. The topological polar surface area (TPSA) is 92.7 Å². The number of methoxy groups -OCH3 is 1. The Morgan fingerprint density at radius 2 is 2.15 bits per heavy atom. The summed E-state index contributed by atoms with van der Waals surface area (Å²) in [5.41, 5.74) is 0.122. The van der Waals surface area contributed by atoms with Crippen LogP contribution in [-0.2, 0) is 20.5 Å². The molecule has 6 nitrogen and oxygen atoms in total. The van der Waals surface area contributed by atoms with Crippen molar-refractivity contribution < 1.29 is 23.1 Å². The summed E-state index contributed by atoms with van der Waals surface area (Å²) in [7, 11) is -2.28. The van der Waals surface area contributed by atoms with Gasteiger partial charge in [-0.3, -0.25) is 0 Å². The number of sulfonamides is 1. The van der Waals surface area contributed by atoms with E-state index in [0.717, 1.165) is 0 Å². The van der Waals surface area contributed by atoms with Crippen molar-refractivity contribution in [3.63, 3.8) is 0 Å². The van der Waals surface area contributed by atoms with Gasteiger partial charge < -0.3 is 9.84 Å². The van der Waals surface area contributed by atoms with Crippen LogP contribution in [0.5, 0.6) is 0 Å². The fourth-order valence-corrected chi connectivity index (χ4v) is 3.55. The van der Waals surface area contributed by atoms with E-state index in [1.807, 2.05) is 0 Å². The molecule has 1 fully saturated rings. The van der Waals surface area contributed by atoms with Crippen molar-refractivity contribution in [2.45, 2.75) is 24.1 Å². The van der Waals surface area contributed by atoms with Crippen LogP contribution in [-0.4, -0.2) is 38.7 Å². The molecule has 0 heterocycles. The fourth-order valence-electron chi connectivity index (χ4n) is 1.93. The summed E-state index contributed by atoms with van der Waals surface area (Å²) in [5, 5.41) is 9.15. The Bertz CT molecular complexity index is 607. The molecule has 7 heteroatoms. The average Bonchev–Trinajstić information content (AvgIpc) is 3.17. The molecule has 1 aromatic carbocycles. The Kier molecular flexibility index (Phi) is 4.12. The van der Waals surface area contributed by atoms with Crippen molar-refractivity contribution in [1.82, 2.24) is 4.72 Å². The quantitative estimate of drug-likeness (QED) is 0.743. The van der Waals surface area contributed by atoms with E-state index in [0.29, 0.717) is 24.0 Å². The minimum atomic E-state index is -3.55. The minimum Gasteiger partial charge on any atom is -0.465 e.